The van der Waals surface area contributed by atoms with Crippen LogP contribution in [0.25, 0.3) is 0 Å². The molecule has 0 aromatic heterocycles. The third-order valence-corrected chi connectivity index (χ3v) is 3.65. The Morgan fingerprint density at radius 1 is 1.25 bits per heavy atom. The van der Waals surface area contributed by atoms with E-state index in [0.29, 0.717) is 24.2 Å². The van der Waals surface area contributed by atoms with E-state index in [1.54, 1.807) is 20.1 Å². The average Bonchev–Trinajstić information content (AvgIpc) is 2.46. The van der Waals surface area contributed by atoms with E-state index in [1.165, 1.54) is 0 Å². The van der Waals surface area contributed by atoms with Crippen molar-refractivity contribution < 1.29 is 23.9 Å². The lowest BCUT2D eigenvalue weighted by molar-refractivity contribution is -0.153. The maximum Gasteiger partial charge on any atom is 0.375 e. The molecule has 0 saturated heterocycles. The maximum atomic E-state index is 12.5. The van der Waals surface area contributed by atoms with Gasteiger partial charge in [-0.05, 0) is 31.4 Å². The fourth-order valence-electron chi connectivity index (χ4n) is 2.62. The number of esters is 1. The van der Waals surface area contributed by atoms with Gasteiger partial charge in [0.05, 0.1) is 20.1 Å². The van der Waals surface area contributed by atoms with Crippen molar-refractivity contribution in [2.24, 2.45) is 5.92 Å². The first-order chi connectivity index (χ1) is 9.51. The van der Waals surface area contributed by atoms with Crippen LogP contribution in [-0.4, -0.2) is 31.8 Å². The highest BCUT2D eigenvalue weighted by atomic mass is 16.5. The predicted molar refractivity (Wildman–Crippen MR) is 70.9 cm³/mol. The van der Waals surface area contributed by atoms with Crippen molar-refractivity contribution in [3.05, 3.63) is 28.8 Å². The largest absolute Gasteiger partial charge is 0.496 e. The van der Waals surface area contributed by atoms with E-state index in [-0.39, 0.29) is 5.78 Å². The molecule has 106 valence electrons. The highest BCUT2D eigenvalue weighted by Crippen LogP contribution is 2.34. The topological polar surface area (TPSA) is 69.7 Å². The molecule has 0 fully saturated rings. The lowest BCUT2D eigenvalue weighted by Gasteiger charge is -2.24. The van der Waals surface area contributed by atoms with E-state index in [1.807, 2.05) is 6.07 Å². The van der Waals surface area contributed by atoms with Gasteiger partial charge < -0.3 is 9.47 Å². The second-order valence-corrected chi connectivity index (χ2v) is 4.75. The molecule has 0 aliphatic heterocycles. The van der Waals surface area contributed by atoms with Gasteiger partial charge in [-0.3, -0.25) is 9.59 Å². The molecule has 1 aromatic rings. The third-order valence-electron chi connectivity index (χ3n) is 3.65. The van der Waals surface area contributed by atoms with E-state index >= 15 is 0 Å². The molecule has 0 bridgehead atoms. The summed E-state index contributed by atoms with van der Waals surface area (Å²) in [7, 11) is 2.68. The van der Waals surface area contributed by atoms with Crippen molar-refractivity contribution >= 4 is 17.5 Å². The monoisotopic (exact) mass is 276 g/mol. The number of ether oxygens (including phenoxy) is 2. The Kier molecular flexibility index (Phi) is 3.88. The number of hydrogen-bond donors (Lipinski definition) is 0. The molecule has 0 spiro atoms. The lowest BCUT2D eigenvalue weighted by Crippen LogP contribution is -2.35. The minimum absolute atomic E-state index is 0.305. The summed E-state index contributed by atoms with van der Waals surface area (Å²) >= 11 is 0. The minimum Gasteiger partial charge on any atom is -0.496 e. The first kappa shape index (κ1) is 14.2. The number of hydrogen-bond acceptors (Lipinski definition) is 5. The Hall–Kier alpha value is -2.17. The molecule has 1 aliphatic carbocycles. The lowest BCUT2D eigenvalue weighted by atomic mass is 9.78. The van der Waals surface area contributed by atoms with Gasteiger partial charge in [-0.1, -0.05) is 6.07 Å². The van der Waals surface area contributed by atoms with Gasteiger partial charge in [-0.15, -0.1) is 0 Å². The van der Waals surface area contributed by atoms with Crippen LogP contribution in [0.3, 0.4) is 0 Å². The van der Waals surface area contributed by atoms with Crippen molar-refractivity contribution in [1.29, 1.82) is 0 Å². The number of methoxy groups -OCH3 is 2. The number of rotatable bonds is 3. The van der Waals surface area contributed by atoms with Crippen LogP contribution < -0.4 is 4.74 Å². The molecule has 1 aliphatic rings. The molecule has 20 heavy (non-hydrogen) atoms. The molecular formula is C15H16O5. The number of aryl methyl sites for hydroxylation is 1. The Bertz CT molecular complexity index is 588. The highest BCUT2D eigenvalue weighted by Gasteiger charge is 2.38. The standard InChI is InChI=1S/C15H16O5/c1-8-4-7-11(19-2)9-5-6-10(13(16)12(8)9)14(17)15(18)20-3/h4,7,10H,5-6H2,1-3H3. The van der Waals surface area contributed by atoms with E-state index in [4.69, 9.17) is 4.74 Å². The number of ketones is 2. The molecule has 1 unspecified atom stereocenters. The third kappa shape index (κ3) is 2.19. The molecule has 1 atom stereocenters. The fraction of sp³-hybridized carbons (Fsp3) is 0.400. The molecule has 0 saturated carbocycles. The number of benzene rings is 1. The zero-order valence-electron chi connectivity index (χ0n) is 11.7. The van der Waals surface area contributed by atoms with Crippen LogP contribution in [0.2, 0.25) is 0 Å². The van der Waals surface area contributed by atoms with Gasteiger partial charge in [0.2, 0.25) is 0 Å². The predicted octanol–water partition coefficient (Wildman–Crippen LogP) is 1.49. The number of carbonyl (C=O) groups excluding carboxylic acids is 3. The molecule has 1 aromatic carbocycles. The number of Topliss-reactive ketones (excluding diaryl/α,β-unsaturated/α-hetero) is 2. The van der Waals surface area contributed by atoms with Gasteiger partial charge in [-0.25, -0.2) is 4.79 Å². The van der Waals surface area contributed by atoms with Gasteiger partial charge >= 0.3 is 5.97 Å². The van der Waals surface area contributed by atoms with Crippen LogP contribution in [0.1, 0.15) is 27.9 Å². The normalized spacial score (nSPS) is 17.4. The van der Waals surface area contributed by atoms with Gasteiger partial charge in [-0.2, -0.15) is 0 Å². The summed E-state index contributed by atoms with van der Waals surface area (Å²) in [5, 5.41) is 0. The SMILES string of the molecule is COC(=O)C(=O)C1CCc2c(OC)ccc(C)c2C1=O. The maximum absolute atomic E-state index is 12.5. The Morgan fingerprint density at radius 3 is 2.55 bits per heavy atom. The summed E-state index contributed by atoms with van der Waals surface area (Å²) in [5.74, 6) is -2.36. The van der Waals surface area contributed by atoms with E-state index < -0.39 is 17.7 Å². The number of fused-ring (bicyclic) bond motifs is 1. The van der Waals surface area contributed by atoms with Crippen LogP contribution in [0.15, 0.2) is 12.1 Å². The van der Waals surface area contributed by atoms with Gasteiger partial charge in [0.25, 0.3) is 5.78 Å². The minimum atomic E-state index is -0.965. The van der Waals surface area contributed by atoms with Crippen molar-refractivity contribution in [2.45, 2.75) is 19.8 Å². The van der Waals surface area contributed by atoms with E-state index in [9.17, 15) is 14.4 Å². The van der Waals surface area contributed by atoms with Gasteiger partial charge in [0.15, 0.2) is 5.78 Å². The molecule has 2 rings (SSSR count). The first-order valence-electron chi connectivity index (χ1n) is 6.34. The summed E-state index contributed by atoms with van der Waals surface area (Å²) in [6.45, 7) is 1.81. The summed E-state index contributed by atoms with van der Waals surface area (Å²) in [5.41, 5.74) is 2.09. The second-order valence-electron chi connectivity index (χ2n) is 4.75. The van der Waals surface area contributed by atoms with Crippen LogP contribution >= 0.6 is 0 Å². The fourth-order valence-corrected chi connectivity index (χ4v) is 2.62. The molecule has 5 nitrogen and oxygen atoms in total. The van der Waals surface area contributed by atoms with Crippen molar-refractivity contribution in [3.8, 4) is 5.75 Å². The zero-order valence-corrected chi connectivity index (χ0v) is 11.7. The average molecular weight is 276 g/mol. The smallest absolute Gasteiger partial charge is 0.375 e. The Morgan fingerprint density at radius 2 is 1.95 bits per heavy atom. The highest BCUT2D eigenvalue weighted by molar-refractivity contribution is 6.39. The molecule has 5 heteroatoms. The van der Waals surface area contributed by atoms with Crippen molar-refractivity contribution in [3.63, 3.8) is 0 Å². The Labute approximate surface area is 116 Å². The summed E-state index contributed by atoms with van der Waals surface area (Å²) < 4.78 is 9.66. The summed E-state index contributed by atoms with van der Waals surface area (Å²) in [6, 6.07) is 3.59. The molecule has 0 radical (unpaired) electrons. The van der Waals surface area contributed by atoms with Crippen LogP contribution in [0, 0.1) is 12.8 Å². The van der Waals surface area contributed by atoms with Crippen LogP contribution in [-0.2, 0) is 20.7 Å². The first-order valence-corrected chi connectivity index (χ1v) is 6.34. The summed E-state index contributed by atoms with van der Waals surface area (Å²) in [4.78, 5) is 35.7. The van der Waals surface area contributed by atoms with Crippen molar-refractivity contribution in [2.75, 3.05) is 14.2 Å². The van der Waals surface area contributed by atoms with Gasteiger partial charge in [0.1, 0.15) is 5.75 Å². The molecule has 0 heterocycles. The number of carbonyl (C=O) groups is 3. The summed E-state index contributed by atoms with van der Waals surface area (Å²) in [6.07, 6.45) is 0.832. The van der Waals surface area contributed by atoms with Crippen LogP contribution in [0.4, 0.5) is 0 Å². The van der Waals surface area contributed by atoms with E-state index in [2.05, 4.69) is 4.74 Å². The second kappa shape index (κ2) is 5.45. The van der Waals surface area contributed by atoms with E-state index in [0.717, 1.165) is 18.2 Å². The van der Waals surface area contributed by atoms with Gasteiger partial charge in [0, 0.05) is 11.1 Å². The van der Waals surface area contributed by atoms with Crippen LogP contribution in [0.5, 0.6) is 5.75 Å². The molecular weight excluding hydrogens is 260 g/mol. The molecule has 0 N–H and O–H groups in total. The Balaban J connectivity index is 2.44. The zero-order chi connectivity index (χ0) is 14.9. The quantitative estimate of drug-likeness (QED) is 0.475. The van der Waals surface area contributed by atoms with Crippen molar-refractivity contribution in [1.82, 2.24) is 0 Å². The molecule has 0 amide bonds.